The number of nitrogens with zero attached hydrogens (tertiary/aromatic N) is 2. The van der Waals surface area contributed by atoms with E-state index in [1.165, 1.54) is 5.69 Å². The molecule has 2 N–H and O–H groups in total. The Hall–Kier alpha value is -2.08. The lowest BCUT2D eigenvalue weighted by Crippen LogP contribution is -2.21. The van der Waals surface area contributed by atoms with Gasteiger partial charge in [0.05, 0.1) is 6.21 Å². The molecule has 0 aliphatic carbocycles. The third-order valence-corrected chi connectivity index (χ3v) is 3.75. The molecule has 1 heterocycles. The Balaban J connectivity index is 1.94. The lowest BCUT2D eigenvalue weighted by atomic mass is 10.2. The van der Waals surface area contributed by atoms with E-state index in [1.807, 2.05) is 12.1 Å². The van der Waals surface area contributed by atoms with Crippen LogP contribution in [0.15, 0.2) is 46.1 Å². The van der Waals surface area contributed by atoms with Crippen LogP contribution in [-0.2, 0) is 0 Å². The van der Waals surface area contributed by atoms with Crippen LogP contribution >= 0.6 is 15.9 Å². The molecule has 2 aromatic rings. The number of carbonyl (C=O) groups is 1. The SMILES string of the molecule is CCN(CC)c1ccc(/C=N\NC(=O)c2cc(Br)c[nH]2)cc1. The molecule has 0 unspecified atom stereocenters. The standard InChI is InChI=1S/C16H19BrN4O/c1-3-21(4-2)14-7-5-12(6-8-14)10-19-20-16(22)15-9-13(17)11-18-15/h5-11,18H,3-4H2,1-2H3,(H,20,22)/b19-10-. The van der Waals surface area contributed by atoms with Crippen LogP contribution in [0, 0.1) is 0 Å². The van der Waals surface area contributed by atoms with Crippen molar-refractivity contribution in [2.75, 3.05) is 18.0 Å². The highest BCUT2D eigenvalue weighted by molar-refractivity contribution is 9.10. The molecular formula is C16H19BrN4O. The molecular weight excluding hydrogens is 344 g/mol. The Kier molecular flexibility index (Phi) is 5.77. The highest BCUT2D eigenvalue weighted by atomic mass is 79.9. The summed E-state index contributed by atoms with van der Waals surface area (Å²) in [5.41, 5.74) is 5.06. The van der Waals surface area contributed by atoms with Gasteiger partial charge in [0.25, 0.3) is 5.91 Å². The highest BCUT2D eigenvalue weighted by Crippen LogP contribution is 2.14. The molecule has 1 amide bonds. The van der Waals surface area contributed by atoms with Gasteiger partial charge in [-0.1, -0.05) is 12.1 Å². The van der Waals surface area contributed by atoms with Gasteiger partial charge in [-0.3, -0.25) is 4.79 Å². The normalized spacial score (nSPS) is 10.9. The minimum Gasteiger partial charge on any atom is -0.372 e. The lowest BCUT2D eigenvalue weighted by Gasteiger charge is -2.20. The number of amides is 1. The number of benzene rings is 1. The molecule has 0 fully saturated rings. The molecule has 0 atom stereocenters. The summed E-state index contributed by atoms with van der Waals surface area (Å²) in [6, 6.07) is 9.77. The molecule has 0 bridgehead atoms. The quantitative estimate of drug-likeness (QED) is 0.611. The molecule has 0 aliphatic heterocycles. The number of halogens is 1. The van der Waals surface area contributed by atoms with Crippen LogP contribution in [0.4, 0.5) is 5.69 Å². The molecule has 1 aromatic heterocycles. The number of anilines is 1. The van der Waals surface area contributed by atoms with Crippen molar-refractivity contribution in [1.82, 2.24) is 10.4 Å². The number of aromatic amines is 1. The van der Waals surface area contributed by atoms with Crippen molar-refractivity contribution in [3.63, 3.8) is 0 Å². The van der Waals surface area contributed by atoms with Gasteiger partial charge in [-0.05, 0) is 53.5 Å². The molecule has 6 heteroatoms. The topological polar surface area (TPSA) is 60.5 Å². The first kappa shape index (κ1) is 16.3. The van der Waals surface area contributed by atoms with Crippen molar-refractivity contribution in [3.8, 4) is 0 Å². The Morgan fingerprint density at radius 1 is 1.32 bits per heavy atom. The van der Waals surface area contributed by atoms with Crippen LogP contribution in [-0.4, -0.2) is 30.2 Å². The number of carbonyl (C=O) groups excluding carboxylic acids is 1. The molecule has 0 saturated heterocycles. The fraction of sp³-hybridized carbons (Fsp3) is 0.250. The number of hydrogen-bond donors (Lipinski definition) is 2. The van der Waals surface area contributed by atoms with E-state index >= 15 is 0 Å². The van der Waals surface area contributed by atoms with E-state index in [1.54, 1.807) is 18.5 Å². The Bertz CT molecular complexity index is 644. The minimum atomic E-state index is -0.276. The number of H-pyrrole nitrogens is 1. The van der Waals surface area contributed by atoms with E-state index in [4.69, 9.17) is 0 Å². The average Bonchev–Trinajstić information content (AvgIpc) is 2.96. The third-order valence-electron chi connectivity index (χ3n) is 3.29. The predicted octanol–water partition coefficient (Wildman–Crippen LogP) is 3.39. The van der Waals surface area contributed by atoms with Gasteiger partial charge in [0, 0.05) is 29.4 Å². The van der Waals surface area contributed by atoms with Gasteiger partial charge in [0.2, 0.25) is 0 Å². The average molecular weight is 363 g/mol. The summed E-state index contributed by atoms with van der Waals surface area (Å²) in [7, 11) is 0. The Morgan fingerprint density at radius 2 is 2.00 bits per heavy atom. The second kappa shape index (κ2) is 7.79. The summed E-state index contributed by atoms with van der Waals surface area (Å²) in [5, 5.41) is 3.97. The maximum Gasteiger partial charge on any atom is 0.287 e. The largest absolute Gasteiger partial charge is 0.372 e. The number of rotatable bonds is 6. The molecule has 0 saturated carbocycles. The smallest absolute Gasteiger partial charge is 0.287 e. The lowest BCUT2D eigenvalue weighted by molar-refractivity contribution is 0.0951. The summed E-state index contributed by atoms with van der Waals surface area (Å²) in [5.74, 6) is -0.276. The van der Waals surface area contributed by atoms with Crippen LogP contribution in [0.3, 0.4) is 0 Å². The van der Waals surface area contributed by atoms with Crippen molar-refractivity contribution in [3.05, 3.63) is 52.3 Å². The van der Waals surface area contributed by atoms with Crippen LogP contribution < -0.4 is 10.3 Å². The van der Waals surface area contributed by atoms with Crippen LogP contribution in [0.25, 0.3) is 0 Å². The first-order valence-electron chi connectivity index (χ1n) is 7.16. The van der Waals surface area contributed by atoms with Crippen molar-refractivity contribution >= 4 is 33.7 Å². The molecule has 0 radical (unpaired) electrons. The van der Waals surface area contributed by atoms with Crippen molar-refractivity contribution < 1.29 is 4.79 Å². The van der Waals surface area contributed by atoms with Gasteiger partial charge in [-0.15, -0.1) is 0 Å². The van der Waals surface area contributed by atoms with Gasteiger partial charge in [0.1, 0.15) is 5.69 Å². The second-order valence-electron chi connectivity index (χ2n) is 4.69. The summed E-state index contributed by atoms with van der Waals surface area (Å²) in [6.45, 7) is 6.22. The maximum atomic E-state index is 11.8. The van der Waals surface area contributed by atoms with Crippen molar-refractivity contribution in [2.24, 2.45) is 5.10 Å². The third kappa shape index (κ3) is 4.21. The van der Waals surface area contributed by atoms with Crippen LogP contribution in [0.1, 0.15) is 29.9 Å². The predicted molar refractivity (Wildman–Crippen MR) is 93.6 cm³/mol. The molecule has 22 heavy (non-hydrogen) atoms. The summed E-state index contributed by atoms with van der Waals surface area (Å²) < 4.78 is 0.827. The summed E-state index contributed by atoms with van der Waals surface area (Å²) in [4.78, 5) is 16.9. The molecule has 2 rings (SSSR count). The van der Waals surface area contributed by atoms with E-state index < -0.39 is 0 Å². The van der Waals surface area contributed by atoms with Gasteiger partial charge in [-0.25, -0.2) is 5.43 Å². The number of hydrazone groups is 1. The first-order chi connectivity index (χ1) is 10.6. The minimum absolute atomic E-state index is 0.276. The summed E-state index contributed by atoms with van der Waals surface area (Å²) >= 11 is 3.28. The molecule has 0 aliphatic rings. The number of nitrogens with one attached hydrogen (secondary N) is 2. The maximum absolute atomic E-state index is 11.8. The van der Waals surface area contributed by atoms with E-state index in [0.29, 0.717) is 5.69 Å². The number of hydrogen-bond acceptors (Lipinski definition) is 3. The highest BCUT2D eigenvalue weighted by Gasteiger charge is 2.06. The zero-order valence-corrected chi connectivity index (χ0v) is 14.2. The van der Waals surface area contributed by atoms with Gasteiger partial charge in [-0.2, -0.15) is 5.10 Å². The van der Waals surface area contributed by atoms with Crippen molar-refractivity contribution in [2.45, 2.75) is 13.8 Å². The van der Waals surface area contributed by atoms with E-state index in [0.717, 1.165) is 23.1 Å². The fourth-order valence-corrected chi connectivity index (χ4v) is 2.43. The van der Waals surface area contributed by atoms with Gasteiger partial charge in [0.15, 0.2) is 0 Å². The Morgan fingerprint density at radius 3 is 2.55 bits per heavy atom. The van der Waals surface area contributed by atoms with Crippen LogP contribution in [0.5, 0.6) is 0 Å². The van der Waals surface area contributed by atoms with Gasteiger partial charge >= 0.3 is 0 Å². The van der Waals surface area contributed by atoms with Crippen LogP contribution in [0.2, 0.25) is 0 Å². The fourth-order valence-electron chi connectivity index (χ4n) is 2.08. The second-order valence-corrected chi connectivity index (χ2v) is 5.61. The van der Waals surface area contributed by atoms with E-state index in [-0.39, 0.29) is 5.91 Å². The van der Waals surface area contributed by atoms with E-state index in [2.05, 4.69) is 62.3 Å². The molecule has 0 spiro atoms. The van der Waals surface area contributed by atoms with Gasteiger partial charge < -0.3 is 9.88 Å². The zero-order valence-electron chi connectivity index (χ0n) is 12.6. The zero-order chi connectivity index (χ0) is 15.9. The molecule has 5 nitrogen and oxygen atoms in total. The van der Waals surface area contributed by atoms with E-state index in [9.17, 15) is 4.79 Å². The summed E-state index contributed by atoms with van der Waals surface area (Å²) in [6.07, 6.45) is 3.33. The first-order valence-corrected chi connectivity index (χ1v) is 7.95. The number of aromatic nitrogens is 1. The van der Waals surface area contributed by atoms with Crippen molar-refractivity contribution in [1.29, 1.82) is 0 Å². The Labute approximate surface area is 138 Å². The molecule has 116 valence electrons. The monoisotopic (exact) mass is 362 g/mol. The molecule has 1 aromatic carbocycles.